The second-order valence-corrected chi connectivity index (χ2v) is 6.66. The maximum atomic E-state index is 12.3. The van der Waals surface area contributed by atoms with Gasteiger partial charge in [-0.25, -0.2) is 0 Å². The zero-order valence-electron chi connectivity index (χ0n) is 12.8. The van der Waals surface area contributed by atoms with Crippen molar-refractivity contribution in [1.82, 2.24) is 4.90 Å². The molecule has 3 rings (SSSR count). The van der Waals surface area contributed by atoms with Crippen LogP contribution in [0.3, 0.4) is 0 Å². The van der Waals surface area contributed by atoms with E-state index in [2.05, 4.69) is 0 Å². The van der Waals surface area contributed by atoms with Crippen LogP contribution in [0.25, 0.3) is 0 Å². The van der Waals surface area contributed by atoms with Gasteiger partial charge in [0.1, 0.15) is 0 Å². The van der Waals surface area contributed by atoms with Gasteiger partial charge in [-0.15, -0.1) is 0 Å². The van der Waals surface area contributed by atoms with Gasteiger partial charge in [0.2, 0.25) is 5.91 Å². The van der Waals surface area contributed by atoms with Gasteiger partial charge < -0.3 is 10.0 Å². The molecule has 0 bridgehead atoms. The molecule has 1 saturated carbocycles. The molecular formula is C18H25NO2. The number of benzene rings is 1. The number of likely N-dealkylation sites (tertiary alicyclic amines) is 1. The summed E-state index contributed by atoms with van der Waals surface area (Å²) in [5, 5.41) is 10.6. The second-order valence-electron chi connectivity index (χ2n) is 6.66. The molecule has 1 aromatic rings. The smallest absolute Gasteiger partial charge is 0.223 e. The van der Waals surface area contributed by atoms with Crippen LogP contribution < -0.4 is 0 Å². The van der Waals surface area contributed by atoms with E-state index in [1.54, 1.807) is 0 Å². The fourth-order valence-electron chi connectivity index (χ4n) is 3.75. The number of carbonyl (C=O) groups excluding carboxylic acids is 1. The zero-order chi connectivity index (χ0) is 14.8. The summed E-state index contributed by atoms with van der Waals surface area (Å²) in [6, 6.07) is 8.42. The highest BCUT2D eigenvalue weighted by atomic mass is 16.3. The quantitative estimate of drug-likeness (QED) is 0.927. The highest BCUT2D eigenvalue weighted by molar-refractivity contribution is 5.79. The molecule has 3 heteroatoms. The van der Waals surface area contributed by atoms with E-state index >= 15 is 0 Å². The van der Waals surface area contributed by atoms with Gasteiger partial charge in [0.05, 0.1) is 6.10 Å². The molecule has 2 atom stereocenters. The Labute approximate surface area is 127 Å². The lowest BCUT2D eigenvalue weighted by Gasteiger charge is -2.31. The van der Waals surface area contributed by atoms with E-state index in [1.165, 1.54) is 24.8 Å². The van der Waals surface area contributed by atoms with Gasteiger partial charge in [-0.3, -0.25) is 4.79 Å². The lowest BCUT2D eigenvalue weighted by molar-refractivity contribution is -0.130. The van der Waals surface area contributed by atoms with E-state index in [-0.39, 0.29) is 11.8 Å². The number of rotatable bonds is 3. The van der Waals surface area contributed by atoms with Gasteiger partial charge in [0.15, 0.2) is 0 Å². The van der Waals surface area contributed by atoms with Crippen molar-refractivity contribution in [2.75, 3.05) is 6.54 Å². The summed E-state index contributed by atoms with van der Waals surface area (Å²) in [6.07, 6.45) is 6.01. The van der Waals surface area contributed by atoms with Crippen LogP contribution in [-0.2, 0) is 4.79 Å². The molecule has 1 N–H and O–H groups in total. The van der Waals surface area contributed by atoms with E-state index in [0.29, 0.717) is 12.5 Å². The molecular weight excluding hydrogens is 262 g/mol. The Morgan fingerprint density at radius 1 is 1.14 bits per heavy atom. The number of carbonyl (C=O) groups is 1. The van der Waals surface area contributed by atoms with Crippen LogP contribution >= 0.6 is 0 Å². The summed E-state index contributed by atoms with van der Waals surface area (Å²) in [5.41, 5.74) is 2.13. The van der Waals surface area contributed by atoms with Crippen molar-refractivity contribution in [2.24, 2.45) is 5.92 Å². The number of nitrogens with zero attached hydrogens (tertiary/aromatic N) is 1. The highest BCUT2D eigenvalue weighted by Gasteiger charge is 2.38. The average molecular weight is 287 g/mol. The fourth-order valence-corrected chi connectivity index (χ4v) is 3.75. The van der Waals surface area contributed by atoms with Gasteiger partial charge >= 0.3 is 0 Å². The van der Waals surface area contributed by atoms with E-state index in [1.807, 2.05) is 36.1 Å². The third-order valence-electron chi connectivity index (χ3n) is 5.07. The van der Waals surface area contributed by atoms with Gasteiger partial charge in [-0.05, 0) is 25.3 Å². The van der Waals surface area contributed by atoms with Gasteiger partial charge in [0.25, 0.3) is 0 Å². The molecule has 1 aliphatic carbocycles. The van der Waals surface area contributed by atoms with Crippen molar-refractivity contribution in [3.8, 4) is 0 Å². The molecule has 1 aromatic carbocycles. The molecule has 114 valence electrons. The van der Waals surface area contributed by atoms with Crippen LogP contribution in [0.4, 0.5) is 0 Å². The van der Waals surface area contributed by atoms with Gasteiger partial charge in [0, 0.05) is 24.9 Å². The molecule has 1 heterocycles. The van der Waals surface area contributed by atoms with Crippen molar-refractivity contribution in [1.29, 1.82) is 0 Å². The van der Waals surface area contributed by atoms with Crippen molar-refractivity contribution >= 4 is 5.91 Å². The molecule has 2 fully saturated rings. The number of amides is 1. The molecule has 1 amide bonds. The Bertz CT molecular complexity index is 490. The van der Waals surface area contributed by atoms with Crippen LogP contribution in [0.2, 0.25) is 0 Å². The minimum absolute atomic E-state index is 0.0436. The first-order valence-corrected chi connectivity index (χ1v) is 8.19. The Morgan fingerprint density at radius 2 is 1.81 bits per heavy atom. The van der Waals surface area contributed by atoms with Crippen LogP contribution in [0.1, 0.15) is 55.8 Å². The van der Waals surface area contributed by atoms with Crippen molar-refractivity contribution < 1.29 is 9.90 Å². The van der Waals surface area contributed by atoms with Crippen LogP contribution in [0.15, 0.2) is 24.3 Å². The molecule has 1 aliphatic heterocycles. The standard InChI is InChI=1S/C18H25NO2/c1-13-7-9-14(10-8-13)18(21)15-11-17(20)19(12-15)16-5-3-2-4-6-16/h7-10,15-16,18,21H,2-6,11-12H2,1H3. The molecule has 21 heavy (non-hydrogen) atoms. The lowest BCUT2D eigenvalue weighted by Crippen LogP contribution is -2.38. The van der Waals surface area contributed by atoms with Gasteiger partial charge in [-0.2, -0.15) is 0 Å². The maximum absolute atomic E-state index is 12.3. The first-order chi connectivity index (χ1) is 10.1. The van der Waals surface area contributed by atoms with Crippen molar-refractivity contribution in [3.63, 3.8) is 0 Å². The van der Waals surface area contributed by atoms with E-state index < -0.39 is 6.10 Å². The largest absolute Gasteiger partial charge is 0.388 e. The number of aliphatic hydroxyl groups is 1. The first kappa shape index (κ1) is 14.6. The second kappa shape index (κ2) is 6.18. The predicted molar refractivity (Wildman–Crippen MR) is 82.8 cm³/mol. The predicted octanol–water partition coefficient (Wildman–Crippen LogP) is 3.21. The van der Waals surface area contributed by atoms with Gasteiger partial charge in [-0.1, -0.05) is 49.1 Å². The molecule has 2 aliphatic rings. The average Bonchev–Trinajstić information content (AvgIpc) is 2.90. The van der Waals surface area contributed by atoms with E-state index in [9.17, 15) is 9.90 Å². The number of aliphatic hydroxyl groups excluding tert-OH is 1. The third-order valence-corrected chi connectivity index (χ3v) is 5.07. The number of hydrogen-bond acceptors (Lipinski definition) is 2. The molecule has 1 saturated heterocycles. The summed E-state index contributed by atoms with van der Waals surface area (Å²) in [4.78, 5) is 14.3. The Balaban J connectivity index is 1.67. The third kappa shape index (κ3) is 3.13. The van der Waals surface area contributed by atoms with Crippen molar-refractivity contribution in [2.45, 2.75) is 57.6 Å². The van der Waals surface area contributed by atoms with Crippen LogP contribution in [0, 0.1) is 12.8 Å². The molecule has 0 spiro atoms. The number of aryl methyl sites for hydroxylation is 1. The summed E-state index contributed by atoms with van der Waals surface area (Å²) in [6.45, 7) is 2.76. The molecule has 3 nitrogen and oxygen atoms in total. The minimum atomic E-state index is -0.525. The van der Waals surface area contributed by atoms with Crippen molar-refractivity contribution in [3.05, 3.63) is 35.4 Å². The Morgan fingerprint density at radius 3 is 2.48 bits per heavy atom. The van der Waals surface area contributed by atoms with Crippen LogP contribution in [0.5, 0.6) is 0 Å². The van der Waals surface area contributed by atoms with Crippen LogP contribution in [-0.4, -0.2) is 28.5 Å². The summed E-state index contributed by atoms with van der Waals surface area (Å²) >= 11 is 0. The lowest BCUT2D eigenvalue weighted by atomic mass is 9.93. The fraction of sp³-hybridized carbons (Fsp3) is 0.611. The normalized spacial score (nSPS) is 25.3. The summed E-state index contributed by atoms with van der Waals surface area (Å²) in [5.74, 6) is 0.278. The molecule has 2 unspecified atom stereocenters. The monoisotopic (exact) mass is 287 g/mol. The number of hydrogen-bond donors (Lipinski definition) is 1. The Kier molecular flexibility index (Phi) is 4.29. The summed E-state index contributed by atoms with van der Waals surface area (Å²) in [7, 11) is 0. The highest BCUT2D eigenvalue weighted by Crippen LogP contribution is 2.34. The summed E-state index contributed by atoms with van der Waals surface area (Å²) < 4.78 is 0. The zero-order valence-corrected chi connectivity index (χ0v) is 12.8. The Hall–Kier alpha value is -1.35. The molecule has 0 aromatic heterocycles. The van der Waals surface area contributed by atoms with E-state index in [4.69, 9.17) is 0 Å². The SMILES string of the molecule is Cc1ccc(C(O)C2CC(=O)N(C3CCCCC3)C2)cc1. The maximum Gasteiger partial charge on any atom is 0.223 e. The topological polar surface area (TPSA) is 40.5 Å². The first-order valence-electron chi connectivity index (χ1n) is 8.19. The minimum Gasteiger partial charge on any atom is -0.388 e. The molecule has 0 radical (unpaired) electrons. The van der Waals surface area contributed by atoms with E-state index in [0.717, 1.165) is 24.9 Å².